The number of aromatic nitrogens is 3. The molecule has 0 fully saturated rings. The molecule has 18 heavy (non-hydrogen) atoms. The van der Waals surface area contributed by atoms with Gasteiger partial charge in [-0.2, -0.15) is 0 Å². The predicted octanol–water partition coefficient (Wildman–Crippen LogP) is -0.710. The molecule has 0 unspecified atom stereocenters. The summed E-state index contributed by atoms with van der Waals surface area (Å²) in [5, 5.41) is 0. The molecule has 2 heterocycles. The van der Waals surface area contributed by atoms with Gasteiger partial charge in [-0.3, -0.25) is 25.0 Å². The first kappa shape index (κ1) is 11.9. The molecule has 1 amide bonds. The predicted molar refractivity (Wildman–Crippen MR) is 63.5 cm³/mol. The minimum atomic E-state index is -0.407. The summed E-state index contributed by atoms with van der Waals surface area (Å²) in [4.78, 5) is 30.4. The highest BCUT2D eigenvalue weighted by molar-refractivity contribution is 5.93. The average molecular weight is 245 g/mol. The molecule has 2 aromatic heterocycles. The van der Waals surface area contributed by atoms with Crippen molar-refractivity contribution in [1.29, 1.82) is 0 Å². The van der Waals surface area contributed by atoms with E-state index in [1.807, 2.05) is 5.43 Å². The first-order valence-corrected chi connectivity index (χ1v) is 5.17. The Morgan fingerprint density at radius 2 is 2.22 bits per heavy atom. The zero-order chi connectivity index (χ0) is 13.0. The fourth-order valence-electron chi connectivity index (χ4n) is 1.41. The van der Waals surface area contributed by atoms with Gasteiger partial charge in [0.05, 0.1) is 24.0 Å². The highest BCUT2D eigenvalue weighted by Gasteiger charge is 2.04. The fourth-order valence-corrected chi connectivity index (χ4v) is 1.41. The lowest BCUT2D eigenvalue weighted by atomic mass is 10.2. The van der Waals surface area contributed by atoms with E-state index < -0.39 is 5.91 Å². The Balaban J connectivity index is 2.19. The quantitative estimate of drug-likeness (QED) is 0.422. The van der Waals surface area contributed by atoms with Crippen LogP contribution in [0.15, 0.2) is 41.7 Å². The third-order valence-corrected chi connectivity index (χ3v) is 2.35. The van der Waals surface area contributed by atoms with Crippen molar-refractivity contribution in [2.45, 2.75) is 6.54 Å². The Labute approximate surface area is 102 Å². The maximum absolute atomic E-state index is 11.4. The second-order valence-electron chi connectivity index (χ2n) is 3.55. The van der Waals surface area contributed by atoms with Crippen LogP contribution in [0, 0.1) is 0 Å². The van der Waals surface area contributed by atoms with Gasteiger partial charge in [-0.15, -0.1) is 0 Å². The average Bonchev–Trinajstić information content (AvgIpc) is 2.41. The Morgan fingerprint density at radius 3 is 2.83 bits per heavy atom. The topological polar surface area (TPSA) is 103 Å². The van der Waals surface area contributed by atoms with Crippen LogP contribution in [0.1, 0.15) is 16.1 Å². The molecule has 0 spiro atoms. The highest BCUT2D eigenvalue weighted by Crippen LogP contribution is 2.01. The molecule has 2 aromatic rings. The maximum atomic E-state index is 11.4. The van der Waals surface area contributed by atoms with E-state index in [9.17, 15) is 9.59 Å². The Bertz CT molecular complexity index is 605. The molecule has 0 atom stereocenters. The number of pyridine rings is 1. The molecule has 7 heteroatoms. The third kappa shape index (κ3) is 2.58. The number of carbonyl (C=O) groups excluding carboxylic acids is 1. The summed E-state index contributed by atoms with van der Waals surface area (Å²) in [6.07, 6.45) is 5.74. The second-order valence-corrected chi connectivity index (χ2v) is 3.55. The van der Waals surface area contributed by atoms with Crippen molar-refractivity contribution >= 4 is 5.91 Å². The number of carbonyl (C=O) groups is 1. The molecule has 0 aromatic carbocycles. The number of nitrogen functional groups attached to an aromatic ring is 1. The van der Waals surface area contributed by atoms with Gasteiger partial charge in [0.1, 0.15) is 0 Å². The van der Waals surface area contributed by atoms with Crippen LogP contribution < -0.4 is 16.8 Å². The van der Waals surface area contributed by atoms with Gasteiger partial charge in [0.15, 0.2) is 0 Å². The van der Waals surface area contributed by atoms with E-state index in [-0.39, 0.29) is 5.56 Å². The lowest BCUT2D eigenvalue weighted by Gasteiger charge is -2.04. The van der Waals surface area contributed by atoms with Crippen molar-refractivity contribution in [3.63, 3.8) is 0 Å². The molecule has 3 N–H and O–H groups in total. The van der Waals surface area contributed by atoms with Crippen LogP contribution in [-0.4, -0.2) is 20.4 Å². The van der Waals surface area contributed by atoms with E-state index in [2.05, 4.69) is 9.97 Å². The summed E-state index contributed by atoms with van der Waals surface area (Å²) < 4.78 is 1.47. The summed E-state index contributed by atoms with van der Waals surface area (Å²) in [5.41, 5.74) is 2.84. The van der Waals surface area contributed by atoms with E-state index in [0.29, 0.717) is 17.8 Å². The summed E-state index contributed by atoms with van der Waals surface area (Å²) in [5.74, 6) is 4.60. The number of rotatable bonds is 3. The summed E-state index contributed by atoms with van der Waals surface area (Å²) in [7, 11) is 0. The van der Waals surface area contributed by atoms with Crippen molar-refractivity contribution in [2.75, 3.05) is 0 Å². The van der Waals surface area contributed by atoms with Crippen LogP contribution in [0.4, 0.5) is 0 Å². The van der Waals surface area contributed by atoms with E-state index in [4.69, 9.17) is 5.84 Å². The molecule has 0 radical (unpaired) electrons. The largest absolute Gasteiger partial charge is 0.307 e. The molecule has 2 rings (SSSR count). The van der Waals surface area contributed by atoms with Crippen molar-refractivity contribution in [2.24, 2.45) is 5.84 Å². The lowest BCUT2D eigenvalue weighted by molar-refractivity contribution is 0.0953. The monoisotopic (exact) mass is 245 g/mol. The minimum Gasteiger partial charge on any atom is -0.307 e. The molecule has 0 saturated heterocycles. The Hall–Kier alpha value is -2.54. The number of nitrogens with two attached hydrogens (primary N) is 1. The number of amides is 1. The summed E-state index contributed by atoms with van der Waals surface area (Å²) >= 11 is 0. The van der Waals surface area contributed by atoms with Crippen molar-refractivity contribution in [1.82, 2.24) is 20.0 Å². The van der Waals surface area contributed by atoms with Crippen molar-refractivity contribution in [3.8, 4) is 0 Å². The van der Waals surface area contributed by atoms with Gasteiger partial charge in [0.2, 0.25) is 0 Å². The van der Waals surface area contributed by atoms with Crippen LogP contribution in [-0.2, 0) is 6.54 Å². The number of hydrogen-bond acceptors (Lipinski definition) is 5. The van der Waals surface area contributed by atoms with Gasteiger partial charge in [-0.05, 0) is 12.1 Å². The van der Waals surface area contributed by atoms with E-state index in [1.54, 1.807) is 18.3 Å². The number of nitrogens with zero attached hydrogens (tertiary/aromatic N) is 3. The zero-order valence-corrected chi connectivity index (χ0v) is 9.41. The van der Waals surface area contributed by atoms with E-state index in [0.717, 1.165) is 0 Å². The number of hydrogen-bond donors (Lipinski definition) is 2. The molecule has 0 saturated carbocycles. The van der Waals surface area contributed by atoms with E-state index >= 15 is 0 Å². The molecule has 0 aliphatic rings. The second kappa shape index (κ2) is 5.19. The molecule has 0 aliphatic heterocycles. The normalized spacial score (nSPS) is 10.1. The first-order valence-electron chi connectivity index (χ1n) is 5.17. The van der Waals surface area contributed by atoms with Gasteiger partial charge >= 0.3 is 0 Å². The van der Waals surface area contributed by atoms with Gasteiger partial charge in [-0.25, -0.2) is 5.84 Å². The molecule has 0 bridgehead atoms. The van der Waals surface area contributed by atoms with Crippen molar-refractivity contribution in [3.05, 3.63) is 58.5 Å². The summed E-state index contributed by atoms with van der Waals surface area (Å²) in [6.45, 7) is 0.325. The van der Waals surface area contributed by atoms with Gasteiger partial charge in [-0.1, -0.05) is 0 Å². The first-order chi connectivity index (χ1) is 8.70. The van der Waals surface area contributed by atoms with E-state index in [1.165, 1.54) is 23.2 Å². The molecule has 92 valence electrons. The summed E-state index contributed by atoms with van der Waals surface area (Å²) in [6, 6.07) is 3.26. The Morgan fingerprint density at radius 1 is 1.39 bits per heavy atom. The Kier molecular flexibility index (Phi) is 3.44. The highest BCUT2D eigenvalue weighted by atomic mass is 16.2. The fraction of sp³-hybridized carbons (Fsp3) is 0.0909. The van der Waals surface area contributed by atoms with Crippen molar-refractivity contribution < 1.29 is 4.79 Å². The van der Waals surface area contributed by atoms with Crippen LogP contribution >= 0.6 is 0 Å². The van der Waals surface area contributed by atoms with Gasteiger partial charge in [0.25, 0.3) is 11.5 Å². The van der Waals surface area contributed by atoms with Crippen LogP contribution in [0.2, 0.25) is 0 Å². The van der Waals surface area contributed by atoms with Crippen LogP contribution in [0.25, 0.3) is 0 Å². The van der Waals surface area contributed by atoms with Crippen LogP contribution in [0.3, 0.4) is 0 Å². The number of hydrazine groups is 1. The molecular formula is C11H11N5O2. The van der Waals surface area contributed by atoms with Crippen LogP contribution in [0.5, 0.6) is 0 Å². The van der Waals surface area contributed by atoms with Gasteiger partial charge in [0, 0.05) is 18.6 Å². The van der Waals surface area contributed by atoms with Gasteiger partial charge < -0.3 is 4.57 Å². The molecular weight excluding hydrogens is 234 g/mol. The SMILES string of the molecule is NNC(=O)c1ccc(Cn2ccncc2=O)nc1. The molecule has 7 nitrogen and oxygen atoms in total. The minimum absolute atomic E-state index is 0.205. The third-order valence-electron chi connectivity index (χ3n) is 2.35. The number of nitrogens with one attached hydrogen (secondary N) is 1. The zero-order valence-electron chi connectivity index (χ0n) is 9.41. The standard InChI is InChI=1S/C11H11N5O2/c12-15-11(18)8-1-2-9(14-5-8)7-16-4-3-13-6-10(16)17/h1-6H,7,12H2,(H,15,18). The lowest BCUT2D eigenvalue weighted by Crippen LogP contribution is -2.30. The molecule has 0 aliphatic carbocycles. The smallest absolute Gasteiger partial charge is 0.269 e. The maximum Gasteiger partial charge on any atom is 0.269 e.